The lowest BCUT2D eigenvalue weighted by molar-refractivity contribution is -0.128. The SMILES string of the molecule is C=CC(=O)N1CC[C@H](OC)[C@@H](Nc2ncnc3[nH]cc(C4CCOCC4)c23)C1. The summed E-state index contributed by atoms with van der Waals surface area (Å²) < 4.78 is 11.2. The topological polar surface area (TPSA) is 92.4 Å². The van der Waals surface area contributed by atoms with Gasteiger partial charge in [-0.2, -0.15) is 0 Å². The molecule has 2 aromatic heterocycles. The van der Waals surface area contributed by atoms with Gasteiger partial charge in [0.05, 0.1) is 17.5 Å². The van der Waals surface area contributed by atoms with E-state index < -0.39 is 0 Å². The average Bonchev–Trinajstić information content (AvgIpc) is 3.19. The Morgan fingerprint density at radius 2 is 2.21 bits per heavy atom. The van der Waals surface area contributed by atoms with E-state index in [1.165, 1.54) is 11.6 Å². The normalized spacial score (nSPS) is 23.7. The van der Waals surface area contributed by atoms with Crippen LogP contribution in [0.4, 0.5) is 5.82 Å². The largest absolute Gasteiger partial charge is 0.381 e. The molecule has 2 aliphatic rings. The molecule has 0 aliphatic carbocycles. The molecule has 2 fully saturated rings. The highest BCUT2D eigenvalue weighted by Gasteiger charge is 2.32. The Labute approximate surface area is 164 Å². The molecule has 8 heteroatoms. The van der Waals surface area contributed by atoms with E-state index in [4.69, 9.17) is 9.47 Å². The van der Waals surface area contributed by atoms with Crippen LogP contribution in [-0.4, -0.2) is 71.3 Å². The zero-order valence-corrected chi connectivity index (χ0v) is 16.2. The first-order chi connectivity index (χ1) is 13.7. The number of rotatable bonds is 5. The Morgan fingerprint density at radius 3 is 2.96 bits per heavy atom. The van der Waals surface area contributed by atoms with Crippen LogP contribution in [0.25, 0.3) is 11.0 Å². The van der Waals surface area contributed by atoms with Gasteiger partial charge in [-0.05, 0) is 36.8 Å². The van der Waals surface area contributed by atoms with Gasteiger partial charge in [0, 0.05) is 39.6 Å². The van der Waals surface area contributed by atoms with Gasteiger partial charge >= 0.3 is 0 Å². The second-order valence-corrected chi connectivity index (χ2v) is 7.38. The summed E-state index contributed by atoms with van der Waals surface area (Å²) in [6.07, 6.45) is 7.73. The van der Waals surface area contributed by atoms with Crippen LogP contribution in [0.1, 0.15) is 30.7 Å². The standard InChI is InChI=1S/C20H27N5O3/c1-3-17(26)25-7-4-16(27-2)15(11-25)24-20-18-14(13-5-8-28-9-6-13)10-21-19(18)22-12-23-20/h3,10,12-13,15-16H,1,4-9,11H2,2H3,(H2,21,22,23,24)/t15-,16-/m0/s1. The molecule has 8 nitrogen and oxygen atoms in total. The van der Waals surface area contributed by atoms with Crippen molar-refractivity contribution in [3.8, 4) is 0 Å². The van der Waals surface area contributed by atoms with E-state index in [1.54, 1.807) is 18.3 Å². The fraction of sp³-hybridized carbons (Fsp3) is 0.550. The number of likely N-dealkylation sites (tertiary alicyclic amines) is 1. The second-order valence-electron chi connectivity index (χ2n) is 7.38. The fourth-order valence-electron chi connectivity index (χ4n) is 4.28. The maximum atomic E-state index is 12.1. The monoisotopic (exact) mass is 385 g/mol. The smallest absolute Gasteiger partial charge is 0.246 e. The van der Waals surface area contributed by atoms with Crippen molar-refractivity contribution in [1.82, 2.24) is 19.9 Å². The van der Waals surface area contributed by atoms with Gasteiger partial charge < -0.3 is 24.7 Å². The number of carbonyl (C=O) groups is 1. The highest BCUT2D eigenvalue weighted by atomic mass is 16.5. The molecule has 150 valence electrons. The zero-order valence-electron chi connectivity index (χ0n) is 16.2. The number of nitrogens with one attached hydrogen (secondary N) is 2. The van der Waals surface area contributed by atoms with Gasteiger partial charge in [-0.15, -0.1) is 0 Å². The lowest BCUT2D eigenvalue weighted by Gasteiger charge is -2.38. The maximum Gasteiger partial charge on any atom is 0.246 e. The quantitative estimate of drug-likeness (QED) is 0.766. The Kier molecular flexibility index (Phi) is 5.59. The first kappa shape index (κ1) is 18.9. The first-order valence-corrected chi connectivity index (χ1v) is 9.81. The summed E-state index contributed by atoms with van der Waals surface area (Å²) in [7, 11) is 1.71. The van der Waals surface area contributed by atoms with Gasteiger partial charge in [-0.3, -0.25) is 4.79 Å². The van der Waals surface area contributed by atoms with E-state index in [0.29, 0.717) is 19.0 Å². The third-order valence-corrected chi connectivity index (χ3v) is 5.82. The minimum Gasteiger partial charge on any atom is -0.381 e. The van der Waals surface area contributed by atoms with Crippen molar-refractivity contribution < 1.29 is 14.3 Å². The number of amides is 1. The molecule has 2 N–H and O–H groups in total. The van der Waals surface area contributed by atoms with Crippen LogP contribution in [0, 0.1) is 0 Å². The number of carbonyl (C=O) groups excluding carboxylic acids is 1. The molecular formula is C20H27N5O3. The number of hydrogen-bond donors (Lipinski definition) is 2. The molecular weight excluding hydrogens is 358 g/mol. The highest BCUT2D eigenvalue weighted by molar-refractivity contribution is 5.91. The summed E-state index contributed by atoms with van der Waals surface area (Å²) in [5, 5.41) is 4.57. The molecule has 4 rings (SSSR count). The van der Waals surface area contributed by atoms with Crippen LogP contribution >= 0.6 is 0 Å². The van der Waals surface area contributed by atoms with E-state index in [2.05, 4.69) is 26.8 Å². The third-order valence-electron chi connectivity index (χ3n) is 5.82. The van der Waals surface area contributed by atoms with Gasteiger partial charge in [0.2, 0.25) is 5.91 Å². The highest BCUT2D eigenvalue weighted by Crippen LogP contribution is 2.35. The number of aromatic nitrogens is 3. The average molecular weight is 385 g/mol. The molecule has 0 aromatic carbocycles. The van der Waals surface area contributed by atoms with Crippen molar-refractivity contribution in [2.24, 2.45) is 0 Å². The van der Waals surface area contributed by atoms with Crippen LogP contribution in [0.15, 0.2) is 25.2 Å². The van der Waals surface area contributed by atoms with Crippen molar-refractivity contribution in [2.75, 3.05) is 38.7 Å². The predicted molar refractivity (Wildman–Crippen MR) is 106 cm³/mol. The minimum atomic E-state index is -0.0572. The number of aromatic amines is 1. The van der Waals surface area contributed by atoms with Crippen molar-refractivity contribution in [2.45, 2.75) is 37.3 Å². The van der Waals surface area contributed by atoms with E-state index >= 15 is 0 Å². The minimum absolute atomic E-state index is 0.00403. The lowest BCUT2D eigenvalue weighted by Crippen LogP contribution is -2.52. The van der Waals surface area contributed by atoms with E-state index in [-0.39, 0.29) is 18.1 Å². The molecule has 0 bridgehead atoms. The Bertz CT molecular complexity index is 845. The Morgan fingerprint density at radius 1 is 1.39 bits per heavy atom. The zero-order chi connectivity index (χ0) is 19.5. The summed E-state index contributed by atoms with van der Waals surface area (Å²) in [6, 6.07) is -0.0572. The molecule has 2 saturated heterocycles. The number of ether oxygens (including phenoxy) is 2. The lowest BCUT2D eigenvalue weighted by atomic mass is 9.92. The Hall–Kier alpha value is -2.45. The first-order valence-electron chi connectivity index (χ1n) is 9.81. The van der Waals surface area contributed by atoms with E-state index in [1.807, 2.05) is 6.20 Å². The molecule has 2 aromatic rings. The van der Waals surface area contributed by atoms with Crippen molar-refractivity contribution in [3.63, 3.8) is 0 Å². The molecule has 0 saturated carbocycles. The molecule has 28 heavy (non-hydrogen) atoms. The van der Waals surface area contributed by atoms with Crippen molar-refractivity contribution in [1.29, 1.82) is 0 Å². The summed E-state index contributed by atoms with van der Waals surface area (Å²) in [6.45, 7) is 6.37. The molecule has 2 atom stereocenters. The van der Waals surface area contributed by atoms with Crippen molar-refractivity contribution >= 4 is 22.8 Å². The number of piperidine rings is 1. The van der Waals surface area contributed by atoms with Crippen LogP contribution in [0.3, 0.4) is 0 Å². The predicted octanol–water partition coefficient (Wildman–Crippen LogP) is 2.07. The van der Waals surface area contributed by atoms with Gasteiger partial charge in [-0.25, -0.2) is 9.97 Å². The molecule has 0 spiro atoms. The molecule has 0 radical (unpaired) electrons. The summed E-state index contributed by atoms with van der Waals surface area (Å²) in [5.74, 6) is 1.16. The van der Waals surface area contributed by atoms with E-state index in [0.717, 1.165) is 49.3 Å². The van der Waals surface area contributed by atoms with Crippen molar-refractivity contribution in [3.05, 3.63) is 30.7 Å². The molecule has 4 heterocycles. The maximum absolute atomic E-state index is 12.1. The number of anilines is 1. The molecule has 1 amide bonds. The number of fused-ring (bicyclic) bond motifs is 1. The summed E-state index contributed by atoms with van der Waals surface area (Å²) >= 11 is 0. The van der Waals surface area contributed by atoms with Gasteiger partial charge in [0.25, 0.3) is 0 Å². The van der Waals surface area contributed by atoms with Gasteiger partial charge in [-0.1, -0.05) is 6.58 Å². The molecule has 2 aliphatic heterocycles. The number of methoxy groups -OCH3 is 1. The number of hydrogen-bond acceptors (Lipinski definition) is 6. The third kappa shape index (κ3) is 3.62. The van der Waals surface area contributed by atoms with Gasteiger partial charge in [0.1, 0.15) is 17.8 Å². The van der Waals surface area contributed by atoms with E-state index in [9.17, 15) is 4.79 Å². The van der Waals surface area contributed by atoms with Crippen LogP contribution in [-0.2, 0) is 14.3 Å². The second kappa shape index (κ2) is 8.28. The molecule has 0 unspecified atom stereocenters. The van der Waals surface area contributed by atoms with Crippen LogP contribution < -0.4 is 5.32 Å². The van der Waals surface area contributed by atoms with Gasteiger partial charge in [0.15, 0.2) is 0 Å². The Balaban J connectivity index is 1.63. The summed E-state index contributed by atoms with van der Waals surface area (Å²) in [4.78, 5) is 26.1. The summed E-state index contributed by atoms with van der Waals surface area (Å²) in [5.41, 5.74) is 2.05. The number of H-pyrrole nitrogens is 1. The van der Waals surface area contributed by atoms with Crippen LogP contribution in [0.2, 0.25) is 0 Å². The number of nitrogens with zero attached hydrogens (tertiary/aromatic N) is 3. The van der Waals surface area contributed by atoms with Crippen LogP contribution in [0.5, 0.6) is 0 Å². The fourth-order valence-corrected chi connectivity index (χ4v) is 4.28.